The van der Waals surface area contributed by atoms with Crippen molar-refractivity contribution >= 4 is 11.8 Å². The zero-order valence-corrected chi connectivity index (χ0v) is 10.8. The number of nitrogens with two attached hydrogens (primary N) is 1. The zero-order chi connectivity index (χ0) is 13.0. The molecule has 0 aromatic carbocycles. The molecule has 6 nitrogen and oxygen atoms in total. The van der Waals surface area contributed by atoms with E-state index in [4.69, 9.17) is 5.73 Å². The summed E-state index contributed by atoms with van der Waals surface area (Å²) in [5.74, 6) is 0.549. The van der Waals surface area contributed by atoms with Gasteiger partial charge in [-0.2, -0.15) is 5.10 Å². The van der Waals surface area contributed by atoms with Gasteiger partial charge in [-0.25, -0.2) is 4.79 Å². The zero-order valence-electron chi connectivity index (χ0n) is 10.8. The highest BCUT2D eigenvalue weighted by atomic mass is 16.2. The summed E-state index contributed by atoms with van der Waals surface area (Å²) >= 11 is 0. The van der Waals surface area contributed by atoms with Gasteiger partial charge < -0.3 is 11.1 Å². The van der Waals surface area contributed by atoms with Crippen LogP contribution >= 0.6 is 0 Å². The number of nitrogens with one attached hydrogen (secondary N) is 2. The molecule has 1 saturated carbocycles. The topological polar surface area (TPSA) is 85.0 Å². The van der Waals surface area contributed by atoms with Crippen LogP contribution in [0.2, 0.25) is 0 Å². The molecule has 4 N–H and O–H groups in total. The van der Waals surface area contributed by atoms with Gasteiger partial charge in [0, 0.05) is 31.4 Å². The molecule has 1 aliphatic carbocycles. The lowest BCUT2D eigenvalue weighted by Gasteiger charge is -2.22. The summed E-state index contributed by atoms with van der Waals surface area (Å²) in [5, 5.41) is 9.93. The van der Waals surface area contributed by atoms with Crippen molar-refractivity contribution in [3.05, 3.63) is 11.8 Å². The summed E-state index contributed by atoms with van der Waals surface area (Å²) in [6.45, 7) is 0.368. The van der Waals surface area contributed by atoms with E-state index < -0.39 is 0 Å². The van der Waals surface area contributed by atoms with E-state index in [0.717, 1.165) is 18.4 Å². The van der Waals surface area contributed by atoms with Gasteiger partial charge in [-0.15, -0.1) is 0 Å². The molecule has 1 fully saturated rings. The predicted molar refractivity (Wildman–Crippen MR) is 70.1 cm³/mol. The van der Waals surface area contributed by atoms with Crippen LogP contribution in [0.4, 0.5) is 10.6 Å². The highest BCUT2D eigenvalue weighted by molar-refractivity contribution is 5.89. The molecule has 1 heterocycles. The van der Waals surface area contributed by atoms with Crippen molar-refractivity contribution in [3.63, 3.8) is 0 Å². The summed E-state index contributed by atoms with van der Waals surface area (Å²) in [5.41, 5.74) is 6.44. The Kier molecular flexibility index (Phi) is 4.19. The third-order valence-corrected chi connectivity index (χ3v) is 3.30. The van der Waals surface area contributed by atoms with Crippen molar-refractivity contribution in [2.24, 2.45) is 12.8 Å². The van der Waals surface area contributed by atoms with E-state index in [1.165, 1.54) is 19.3 Å². The summed E-state index contributed by atoms with van der Waals surface area (Å²) in [6, 6.07) is 0.110. The average molecular weight is 251 g/mol. The summed E-state index contributed by atoms with van der Waals surface area (Å²) in [7, 11) is 1.81. The Labute approximate surface area is 107 Å². The van der Waals surface area contributed by atoms with E-state index in [-0.39, 0.29) is 6.03 Å². The van der Waals surface area contributed by atoms with Gasteiger partial charge in [0.05, 0.1) is 0 Å². The van der Waals surface area contributed by atoms with Gasteiger partial charge in [-0.3, -0.25) is 10.00 Å². The fourth-order valence-corrected chi connectivity index (χ4v) is 2.37. The second-order valence-electron chi connectivity index (χ2n) is 4.81. The molecule has 0 bridgehead atoms. The number of amides is 2. The van der Waals surface area contributed by atoms with Crippen LogP contribution in [0.5, 0.6) is 0 Å². The third-order valence-electron chi connectivity index (χ3n) is 3.30. The van der Waals surface area contributed by atoms with Crippen molar-refractivity contribution in [2.75, 3.05) is 5.32 Å². The Morgan fingerprint density at radius 2 is 2.22 bits per heavy atom. The molecule has 1 aromatic rings. The van der Waals surface area contributed by atoms with Gasteiger partial charge in [0.2, 0.25) is 0 Å². The Hall–Kier alpha value is -1.56. The molecule has 18 heavy (non-hydrogen) atoms. The average Bonchev–Trinajstić information content (AvgIpc) is 2.70. The molecular weight excluding hydrogens is 230 g/mol. The normalized spacial score (nSPS) is 16.6. The predicted octanol–water partition coefficient (Wildman–Crippen LogP) is 1.33. The monoisotopic (exact) mass is 251 g/mol. The first kappa shape index (κ1) is 12.9. The minimum absolute atomic E-state index is 0.185. The van der Waals surface area contributed by atoms with Crippen LogP contribution in [-0.2, 0) is 13.6 Å². The molecule has 6 heteroatoms. The molecule has 0 saturated heterocycles. The number of carbonyl (C=O) groups is 1. The van der Waals surface area contributed by atoms with Crippen molar-refractivity contribution in [2.45, 2.75) is 44.7 Å². The first-order valence-electron chi connectivity index (χ1n) is 6.49. The lowest BCUT2D eigenvalue weighted by molar-refractivity contribution is 0.244. The standard InChI is InChI=1S/C12H21N5O/c1-17-8-9(7-13)11(16-17)15-12(18)14-10-5-3-2-4-6-10/h8,10H,2-7,13H2,1H3,(H2,14,15,16,18). The molecule has 0 unspecified atom stereocenters. The number of rotatable bonds is 3. The van der Waals surface area contributed by atoms with Crippen molar-refractivity contribution in [3.8, 4) is 0 Å². The van der Waals surface area contributed by atoms with Crippen LogP contribution in [0, 0.1) is 0 Å². The van der Waals surface area contributed by atoms with E-state index in [0.29, 0.717) is 18.4 Å². The molecule has 0 aliphatic heterocycles. The van der Waals surface area contributed by atoms with E-state index >= 15 is 0 Å². The summed E-state index contributed by atoms with van der Waals surface area (Å²) in [4.78, 5) is 11.8. The van der Waals surface area contributed by atoms with Crippen LogP contribution in [0.3, 0.4) is 0 Å². The van der Waals surface area contributed by atoms with Crippen molar-refractivity contribution < 1.29 is 4.79 Å². The first-order chi connectivity index (χ1) is 8.69. The van der Waals surface area contributed by atoms with Gasteiger partial charge in [-0.05, 0) is 12.8 Å². The van der Waals surface area contributed by atoms with Gasteiger partial charge in [0.25, 0.3) is 0 Å². The number of urea groups is 1. The van der Waals surface area contributed by atoms with Crippen LogP contribution in [-0.4, -0.2) is 21.9 Å². The summed E-state index contributed by atoms with van der Waals surface area (Å²) in [6.07, 6.45) is 7.62. The number of aromatic nitrogens is 2. The fraction of sp³-hybridized carbons (Fsp3) is 0.667. The van der Waals surface area contributed by atoms with Crippen LogP contribution < -0.4 is 16.4 Å². The van der Waals surface area contributed by atoms with Crippen molar-refractivity contribution in [1.29, 1.82) is 0 Å². The minimum Gasteiger partial charge on any atom is -0.335 e. The number of hydrogen-bond donors (Lipinski definition) is 3. The van der Waals surface area contributed by atoms with Crippen LogP contribution in [0.1, 0.15) is 37.7 Å². The van der Waals surface area contributed by atoms with Gasteiger partial charge in [-0.1, -0.05) is 19.3 Å². The quantitative estimate of drug-likeness (QED) is 0.757. The summed E-state index contributed by atoms with van der Waals surface area (Å²) < 4.78 is 1.65. The minimum atomic E-state index is -0.185. The Morgan fingerprint density at radius 3 is 2.89 bits per heavy atom. The lowest BCUT2D eigenvalue weighted by atomic mass is 9.96. The second kappa shape index (κ2) is 5.86. The number of carbonyl (C=O) groups excluding carboxylic acids is 1. The molecule has 1 aromatic heterocycles. The highest BCUT2D eigenvalue weighted by Gasteiger charge is 2.17. The third kappa shape index (κ3) is 3.22. The van der Waals surface area contributed by atoms with Gasteiger partial charge in [0.1, 0.15) is 0 Å². The maximum absolute atomic E-state index is 11.8. The molecular formula is C12H21N5O. The van der Waals surface area contributed by atoms with Crippen LogP contribution in [0.25, 0.3) is 0 Å². The lowest BCUT2D eigenvalue weighted by Crippen LogP contribution is -2.39. The molecule has 1 aliphatic rings. The molecule has 100 valence electrons. The molecule has 0 atom stereocenters. The number of hydrogen-bond acceptors (Lipinski definition) is 3. The largest absolute Gasteiger partial charge is 0.335 e. The number of anilines is 1. The molecule has 2 amide bonds. The van der Waals surface area contributed by atoms with Crippen LogP contribution in [0.15, 0.2) is 6.20 Å². The Morgan fingerprint density at radius 1 is 1.50 bits per heavy atom. The number of aryl methyl sites for hydroxylation is 1. The molecule has 0 radical (unpaired) electrons. The van der Waals surface area contributed by atoms with Gasteiger partial charge in [0.15, 0.2) is 5.82 Å². The second-order valence-corrected chi connectivity index (χ2v) is 4.81. The SMILES string of the molecule is Cn1cc(CN)c(NC(=O)NC2CCCCC2)n1. The van der Waals surface area contributed by atoms with E-state index in [1.54, 1.807) is 4.68 Å². The first-order valence-corrected chi connectivity index (χ1v) is 6.49. The van der Waals surface area contributed by atoms with E-state index in [2.05, 4.69) is 15.7 Å². The highest BCUT2D eigenvalue weighted by Crippen LogP contribution is 2.17. The van der Waals surface area contributed by atoms with E-state index in [1.807, 2.05) is 13.2 Å². The van der Waals surface area contributed by atoms with Gasteiger partial charge >= 0.3 is 6.03 Å². The molecule has 0 spiro atoms. The maximum atomic E-state index is 11.8. The fourth-order valence-electron chi connectivity index (χ4n) is 2.37. The van der Waals surface area contributed by atoms with E-state index in [9.17, 15) is 4.79 Å². The van der Waals surface area contributed by atoms with Crippen molar-refractivity contribution in [1.82, 2.24) is 15.1 Å². The smallest absolute Gasteiger partial charge is 0.320 e. The Balaban J connectivity index is 1.89. The number of nitrogens with zero attached hydrogens (tertiary/aromatic N) is 2. The Bertz CT molecular complexity index is 409. The molecule has 2 rings (SSSR count). The maximum Gasteiger partial charge on any atom is 0.320 e.